The summed E-state index contributed by atoms with van der Waals surface area (Å²) in [5.41, 5.74) is -0.621. The lowest BCUT2D eigenvalue weighted by molar-refractivity contribution is -0.123. The molecule has 6 nitrogen and oxygen atoms in total. The third-order valence-corrected chi connectivity index (χ3v) is 3.50. The summed E-state index contributed by atoms with van der Waals surface area (Å²) in [6, 6.07) is 7.82. The number of nitrogens with one attached hydrogen (secondary N) is 1. The monoisotopic (exact) mass is 365 g/mol. The van der Waals surface area contributed by atoms with Crippen LogP contribution >= 0.6 is 0 Å². The molecule has 0 fully saturated rings. The first kappa shape index (κ1) is 19.2. The molecular formula is C18H17F2NO5. The third-order valence-electron chi connectivity index (χ3n) is 3.50. The summed E-state index contributed by atoms with van der Waals surface area (Å²) < 4.78 is 42.5. The predicted octanol–water partition coefficient (Wildman–Crippen LogP) is 3.17. The molecule has 0 saturated heterocycles. The molecule has 1 amide bonds. The van der Waals surface area contributed by atoms with Crippen molar-refractivity contribution in [2.24, 2.45) is 0 Å². The molecule has 138 valence electrons. The second kappa shape index (κ2) is 8.28. The molecule has 0 aliphatic heterocycles. The second-order valence-electron chi connectivity index (χ2n) is 5.17. The van der Waals surface area contributed by atoms with E-state index in [1.165, 1.54) is 33.3 Å². The quantitative estimate of drug-likeness (QED) is 0.796. The molecule has 0 heterocycles. The summed E-state index contributed by atoms with van der Waals surface area (Å²) in [7, 11) is 2.73. The summed E-state index contributed by atoms with van der Waals surface area (Å²) in [6.45, 7) is 1.27. The Morgan fingerprint density at radius 1 is 0.962 bits per heavy atom. The van der Waals surface area contributed by atoms with Gasteiger partial charge in [0.15, 0.2) is 6.10 Å². The number of hydrogen-bond donors (Lipinski definition) is 1. The largest absolute Gasteiger partial charge is 0.496 e. The van der Waals surface area contributed by atoms with E-state index in [9.17, 15) is 18.4 Å². The van der Waals surface area contributed by atoms with E-state index >= 15 is 0 Å². The summed E-state index contributed by atoms with van der Waals surface area (Å²) in [5.74, 6) is -3.26. The molecule has 0 saturated carbocycles. The van der Waals surface area contributed by atoms with Gasteiger partial charge in [-0.2, -0.15) is 0 Å². The van der Waals surface area contributed by atoms with E-state index in [-0.39, 0.29) is 17.1 Å². The fourth-order valence-corrected chi connectivity index (χ4v) is 2.17. The fraction of sp³-hybridized carbons (Fsp3) is 0.222. The predicted molar refractivity (Wildman–Crippen MR) is 89.4 cm³/mol. The maximum atomic E-state index is 13.6. The zero-order valence-electron chi connectivity index (χ0n) is 14.3. The number of ether oxygens (including phenoxy) is 3. The molecule has 0 aliphatic carbocycles. The van der Waals surface area contributed by atoms with Crippen molar-refractivity contribution in [1.82, 2.24) is 0 Å². The van der Waals surface area contributed by atoms with E-state index < -0.39 is 35.3 Å². The van der Waals surface area contributed by atoms with Gasteiger partial charge in [-0.25, -0.2) is 13.6 Å². The van der Waals surface area contributed by atoms with Crippen molar-refractivity contribution in [3.8, 4) is 11.5 Å². The molecule has 0 bridgehead atoms. The van der Waals surface area contributed by atoms with Crippen molar-refractivity contribution in [3.05, 3.63) is 53.6 Å². The Morgan fingerprint density at radius 3 is 1.96 bits per heavy atom. The maximum Gasteiger partial charge on any atom is 0.346 e. The van der Waals surface area contributed by atoms with Gasteiger partial charge in [-0.3, -0.25) is 4.79 Å². The van der Waals surface area contributed by atoms with Crippen LogP contribution in [0, 0.1) is 11.6 Å². The van der Waals surface area contributed by atoms with Crippen LogP contribution in [0.3, 0.4) is 0 Å². The van der Waals surface area contributed by atoms with Gasteiger partial charge in [-0.05, 0) is 31.2 Å². The molecular weight excluding hydrogens is 348 g/mol. The normalized spacial score (nSPS) is 11.4. The number of carbonyl (C=O) groups is 2. The molecule has 1 N–H and O–H groups in total. The van der Waals surface area contributed by atoms with E-state index in [0.29, 0.717) is 0 Å². The van der Waals surface area contributed by atoms with E-state index in [1.54, 1.807) is 6.07 Å². The Hall–Kier alpha value is -3.16. The standard InChI is InChI=1S/C18H17F2NO5/c1-10(17(22)21-16-11(19)6-4-7-12(16)20)26-18(23)15-13(24-2)8-5-9-14(15)25-3/h4-10H,1-3H3,(H,21,22). The minimum atomic E-state index is -1.32. The average molecular weight is 365 g/mol. The Bertz CT molecular complexity index is 783. The SMILES string of the molecule is COc1cccc(OC)c1C(=O)OC(C)C(=O)Nc1c(F)cccc1F. The van der Waals surface area contributed by atoms with Crippen LogP contribution in [-0.4, -0.2) is 32.2 Å². The van der Waals surface area contributed by atoms with Crippen LogP contribution < -0.4 is 14.8 Å². The molecule has 1 atom stereocenters. The number of methoxy groups -OCH3 is 2. The lowest BCUT2D eigenvalue weighted by atomic mass is 10.1. The lowest BCUT2D eigenvalue weighted by Gasteiger charge is -2.16. The molecule has 0 aromatic heterocycles. The van der Waals surface area contributed by atoms with Crippen molar-refractivity contribution in [2.75, 3.05) is 19.5 Å². The highest BCUT2D eigenvalue weighted by atomic mass is 19.1. The number of benzene rings is 2. The summed E-state index contributed by atoms with van der Waals surface area (Å²) in [6.07, 6.45) is -1.32. The summed E-state index contributed by atoms with van der Waals surface area (Å²) in [5, 5.41) is 2.06. The molecule has 0 aliphatic rings. The van der Waals surface area contributed by atoms with Gasteiger partial charge in [-0.1, -0.05) is 12.1 Å². The van der Waals surface area contributed by atoms with Crippen LogP contribution in [0.1, 0.15) is 17.3 Å². The number of hydrogen-bond acceptors (Lipinski definition) is 5. The van der Waals surface area contributed by atoms with Crippen LogP contribution in [0.2, 0.25) is 0 Å². The van der Waals surface area contributed by atoms with Crippen LogP contribution in [0.4, 0.5) is 14.5 Å². The highest BCUT2D eigenvalue weighted by Crippen LogP contribution is 2.29. The number of anilines is 1. The van der Waals surface area contributed by atoms with Crippen molar-refractivity contribution in [1.29, 1.82) is 0 Å². The first-order valence-electron chi connectivity index (χ1n) is 7.55. The van der Waals surface area contributed by atoms with Gasteiger partial charge in [0, 0.05) is 0 Å². The Morgan fingerprint density at radius 2 is 1.46 bits per heavy atom. The van der Waals surface area contributed by atoms with E-state index in [0.717, 1.165) is 18.2 Å². The smallest absolute Gasteiger partial charge is 0.346 e. The van der Waals surface area contributed by atoms with E-state index in [4.69, 9.17) is 14.2 Å². The van der Waals surface area contributed by atoms with Gasteiger partial charge in [0.05, 0.1) is 14.2 Å². The minimum absolute atomic E-state index is 0.00535. The van der Waals surface area contributed by atoms with Crippen LogP contribution in [0.5, 0.6) is 11.5 Å². The first-order chi connectivity index (χ1) is 12.4. The molecule has 0 spiro atoms. The van der Waals surface area contributed by atoms with Crippen molar-refractivity contribution in [3.63, 3.8) is 0 Å². The van der Waals surface area contributed by atoms with Gasteiger partial charge in [-0.15, -0.1) is 0 Å². The molecule has 26 heavy (non-hydrogen) atoms. The molecule has 8 heteroatoms. The average Bonchev–Trinajstić information content (AvgIpc) is 2.63. The molecule has 2 aromatic carbocycles. The van der Waals surface area contributed by atoms with Gasteiger partial charge in [0.25, 0.3) is 5.91 Å². The lowest BCUT2D eigenvalue weighted by Crippen LogP contribution is -2.30. The fourth-order valence-electron chi connectivity index (χ4n) is 2.17. The Balaban J connectivity index is 2.16. The van der Waals surface area contributed by atoms with Crippen molar-refractivity contribution in [2.45, 2.75) is 13.0 Å². The Labute approximate surface area is 148 Å². The van der Waals surface area contributed by atoms with Crippen LogP contribution in [-0.2, 0) is 9.53 Å². The summed E-state index contributed by atoms with van der Waals surface area (Å²) in [4.78, 5) is 24.5. The molecule has 1 unspecified atom stereocenters. The number of esters is 1. The van der Waals surface area contributed by atoms with Crippen molar-refractivity contribution < 1.29 is 32.6 Å². The molecule has 2 rings (SSSR count). The van der Waals surface area contributed by atoms with E-state index in [2.05, 4.69) is 5.32 Å². The molecule has 0 radical (unpaired) electrons. The number of carbonyl (C=O) groups excluding carboxylic acids is 2. The summed E-state index contributed by atoms with van der Waals surface area (Å²) >= 11 is 0. The third kappa shape index (κ3) is 4.08. The number of para-hydroxylation sites is 1. The highest BCUT2D eigenvalue weighted by Gasteiger charge is 2.25. The van der Waals surface area contributed by atoms with Crippen molar-refractivity contribution >= 4 is 17.6 Å². The van der Waals surface area contributed by atoms with Gasteiger partial charge < -0.3 is 19.5 Å². The maximum absolute atomic E-state index is 13.6. The van der Waals surface area contributed by atoms with Crippen LogP contribution in [0.15, 0.2) is 36.4 Å². The van der Waals surface area contributed by atoms with Gasteiger partial charge in [0.2, 0.25) is 0 Å². The topological polar surface area (TPSA) is 73.9 Å². The number of rotatable bonds is 6. The van der Waals surface area contributed by atoms with Crippen LogP contribution in [0.25, 0.3) is 0 Å². The van der Waals surface area contributed by atoms with E-state index in [1.807, 2.05) is 0 Å². The zero-order chi connectivity index (χ0) is 19.3. The van der Waals surface area contributed by atoms with Gasteiger partial charge >= 0.3 is 5.97 Å². The highest BCUT2D eigenvalue weighted by molar-refractivity contribution is 5.99. The minimum Gasteiger partial charge on any atom is -0.496 e. The number of halogens is 2. The number of amides is 1. The molecule has 2 aromatic rings. The zero-order valence-corrected chi connectivity index (χ0v) is 14.3. The van der Waals surface area contributed by atoms with Gasteiger partial charge in [0.1, 0.15) is 34.4 Å². The second-order valence-corrected chi connectivity index (χ2v) is 5.17. The first-order valence-corrected chi connectivity index (χ1v) is 7.55. The Kier molecular flexibility index (Phi) is 6.11.